The van der Waals surface area contributed by atoms with Crippen LogP contribution in [0.3, 0.4) is 0 Å². The maximum atomic E-state index is 6.20. The normalized spacial score (nSPS) is 24.6. The maximum Gasteiger partial charge on any atom is 0.0812 e. The van der Waals surface area contributed by atoms with Gasteiger partial charge in [-0.25, -0.2) is 0 Å². The molecular weight excluding hydrogens is 214 g/mol. The summed E-state index contributed by atoms with van der Waals surface area (Å²) >= 11 is 0. The molecule has 1 aliphatic rings. The lowest BCUT2D eigenvalue weighted by Crippen LogP contribution is -2.30. The van der Waals surface area contributed by atoms with Gasteiger partial charge in [0.1, 0.15) is 0 Å². The van der Waals surface area contributed by atoms with Crippen LogP contribution in [0.15, 0.2) is 24.3 Å². The molecular formula is C14H21NO2. The van der Waals surface area contributed by atoms with Gasteiger partial charge in [-0.3, -0.25) is 0 Å². The van der Waals surface area contributed by atoms with Gasteiger partial charge in [0.25, 0.3) is 0 Å². The highest BCUT2D eigenvalue weighted by molar-refractivity contribution is 5.36. The molecule has 0 aliphatic heterocycles. The van der Waals surface area contributed by atoms with Crippen molar-refractivity contribution in [3.63, 3.8) is 0 Å². The second kappa shape index (κ2) is 5.63. The molecule has 0 spiro atoms. The van der Waals surface area contributed by atoms with Crippen molar-refractivity contribution in [2.45, 2.75) is 38.5 Å². The summed E-state index contributed by atoms with van der Waals surface area (Å²) in [6, 6.07) is 8.31. The third kappa shape index (κ3) is 2.86. The van der Waals surface area contributed by atoms with Crippen LogP contribution in [0.25, 0.3) is 0 Å². The molecule has 94 valence electrons. The molecule has 0 fully saturated rings. The molecule has 0 heterocycles. The van der Waals surface area contributed by atoms with E-state index in [4.69, 9.17) is 15.2 Å². The van der Waals surface area contributed by atoms with Crippen molar-refractivity contribution < 1.29 is 9.47 Å². The predicted molar refractivity (Wildman–Crippen MR) is 67.9 cm³/mol. The van der Waals surface area contributed by atoms with Crippen LogP contribution in [0, 0.1) is 0 Å². The average Bonchev–Trinajstić information content (AvgIpc) is 2.64. The number of rotatable bonds is 5. The summed E-state index contributed by atoms with van der Waals surface area (Å²) in [5.74, 6) is 0. The standard InChI is InChI=1S/C14H21NO2/c1-3-16-9-10(2)17-13-8-11-6-4-5-7-12(11)14(13)15/h4-7,10,13-14H,3,8-9,15H2,1-2H3. The van der Waals surface area contributed by atoms with Gasteiger partial charge in [-0.15, -0.1) is 0 Å². The Kier molecular flexibility index (Phi) is 4.15. The molecule has 0 saturated carbocycles. The molecule has 0 radical (unpaired) electrons. The van der Waals surface area contributed by atoms with E-state index in [0.29, 0.717) is 6.61 Å². The van der Waals surface area contributed by atoms with Crippen molar-refractivity contribution in [3.8, 4) is 0 Å². The fourth-order valence-electron chi connectivity index (χ4n) is 2.34. The van der Waals surface area contributed by atoms with Crippen LogP contribution in [0.4, 0.5) is 0 Å². The predicted octanol–water partition coefficient (Wildman–Crippen LogP) is 2.05. The molecule has 1 aromatic carbocycles. The number of fused-ring (bicyclic) bond motifs is 1. The molecule has 0 amide bonds. The molecule has 2 N–H and O–H groups in total. The lowest BCUT2D eigenvalue weighted by molar-refractivity contribution is -0.0508. The van der Waals surface area contributed by atoms with Gasteiger partial charge < -0.3 is 15.2 Å². The van der Waals surface area contributed by atoms with Crippen molar-refractivity contribution >= 4 is 0 Å². The van der Waals surface area contributed by atoms with Gasteiger partial charge >= 0.3 is 0 Å². The first-order valence-corrected chi connectivity index (χ1v) is 6.29. The topological polar surface area (TPSA) is 44.5 Å². The summed E-state index contributed by atoms with van der Waals surface area (Å²) < 4.78 is 11.3. The summed E-state index contributed by atoms with van der Waals surface area (Å²) in [7, 11) is 0. The van der Waals surface area contributed by atoms with E-state index >= 15 is 0 Å². The molecule has 1 aromatic rings. The summed E-state index contributed by atoms with van der Waals surface area (Å²) in [6.45, 7) is 5.38. The number of nitrogens with two attached hydrogens (primary N) is 1. The SMILES string of the molecule is CCOCC(C)OC1Cc2ccccc2C1N. The lowest BCUT2D eigenvalue weighted by Gasteiger charge is -2.22. The monoisotopic (exact) mass is 235 g/mol. The first-order valence-electron chi connectivity index (χ1n) is 6.29. The highest BCUT2D eigenvalue weighted by Crippen LogP contribution is 2.31. The van der Waals surface area contributed by atoms with Gasteiger partial charge in [-0.2, -0.15) is 0 Å². The van der Waals surface area contributed by atoms with Crippen LogP contribution in [-0.4, -0.2) is 25.4 Å². The van der Waals surface area contributed by atoms with Gasteiger partial charge in [0.2, 0.25) is 0 Å². The fraction of sp³-hybridized carbons (Fsp3) is 0.571. The van der Waals surface area contributed by atoms with Crippen molar-refractivity contribution in [2.75, 3.05) is 13.2 Å². The minimum Gasteiger partial charge on any atom is -0.379 e. The largest absolute Gasteiger partial charge is 0.379 e. The minimum absolute atomic E-state index is 0.00437. The second-order valence-corrected chi connectivity index (χ2v) is 4.57. The van der Waals surface area contributed by atoms with Crippen LogP contribution in [0.1, 0.15) is 31.0 Å². The number of benzene rings is 1. The summed E-state index contributed by atoms with van der Waals surface area (Å²) in [4.78, 5) is 0. The maximum absolute atomic E-state index is 6.20. The lowest BCUT2D eigenvalue weighted by atomic mass is 10.1. The summed E-state index contributed by atoms with van der Waals surface area (Å²) in [6.07, 6.45) is 1.09. The van der Waals surface area contributed by atoms with Gasteiger partial charge in [-0.1, -0.05) is 24.3 Å². The molecule has 0 saturated heterocycles. The quantitative estimate of drug-likeness (QED) is 0.849. The molecule has 1 aliphatic carbocycles. The zero-order valence-electron chi connectivity index (χ0n) is 10.6. The molecule has 3 atom stereocenters. The van der Waals surface area contributed by atoms with Gasteiger partial charge in [-0.05, 0) is 25.0 Å². The Morgan fingerprint density at radius 2 is 2.18 bits per heavy atom. The Balaban J connectivity index is 1.93. The second-order valence-electron chi connectivity index (χ2n) is 4.57. The van der Waals surface area contributed by atoms with E-state index in [1.54, 1.807) is 0 Å². The van der Waals surface area contributed by atoms with E-state index in [2.05, 4.69) is 18.2 Å². The van der Waals surface area contributed by atoms with E-state index in [9.17, 15) is 0 Å². The third-order valence-corrected chi connectivity index (χ3v) is 3.20. The molecule has 17 heavy (non-hydrogen) atoms. The average molecular weight is 235 g/mol. The van der Waals surface area contributed by atoms with Crippen LogP contribution in [0.2, 0.25) is 0 Å². The Bertz CT molecular complexity index is 367. The molecule has 3 unspecified atom stereocenters. The highest BCUT2D eigenvalue weighted by atomic mass is 16.5. The molecule has 0 aromatic heterocycles. The van der Waals surface area contributed by atoms with Crippen molar-refractivity contribution in [3.05, 3.63) is 35.4 Å². The third-order valence-electron chi connectivity index (χ3n) is 3.20. The minimum atomic E-state index is -0.00437. The Morgan fingerprint density at radius 3 is 2.88 bits per heavy atom. The zero-order valence-corrected chi connectivity index (χ0v) is 10.6. The molecule has 2 rings (SSSR count). The number of hydrogen-bond acceptors (Lipinski definition) is 3. The van der Waals surface area contributed by atoms with E-state index in [-0.39, 0.29) is 18.2 Å². The van der Waals surface area contributed by atoms with Crippen molar-refractivity contribution in [1.82, 2.24) is 0 Å². The van der Waals surface area contributed by atoms with E-state index in [0.717, 1.165) is 13.0 Å². The van der Waals surface area contributed by atoms with E-state index in [1.807, 2.05) is 19.9 Å². The van der Waals surface area contributed by atoms with Gasteiger partial charge in [0, 0.05) is 13.0 Å². The van der Waals surface area contributed by atoms with Crippen LogP contribution < -0.4 is 5.73 Å². The Labute approximate surface area is 103 Å². The number of hydrogen-bond donors (Lipinski definition) is 1. The summed E-state index contributed by atoms with van der Waals surface area (Å²) in [5, 5.41) is 0. The zero-order chi connectivity index (χ0) is 12.3. The fourth-order valence-corrected chi connectivity index (χ4v) is 2.34. The summed E-state index contributed by atoms with van der Waals surface area (Å²) in [5.41, 5.74) is 8.74. The Morgan fingerprint density at radius 1 is 1.41 bits per heavy atom. The number of ether oxygens (including phenoxy) is 2. The molecule has 3 nitrogen and oxygen atoms in total. The first-order chi connectivity index (χ1) is 8.22. The van der Waals surface area contributed by atoms with Crippen LogP contribution in [-0.2, 0) is 15.9 Å². The highest BCUT2D eigenvalue weighted by Gasteiger charge is 2.31. The van der Waals surface area contributed by atoms with E-state index in [1.165, 1.54) is 11.1 Å². The van der Waals surface area contributed by atoms with Gasteiger partial charge in [0.15, 0.2) is 0 Å². The molecule has 0 bridgehead atoms. The van der Waals surface area contributed by atoms with Gasteiger partial charge in [0.05, 0.1) is 24.9 Å². The Hall–Kier alpha value is -0.900. The van der Waals surface area contributed by atoms with Crippen molar-refractivity contribution in [1.29, 1.82) is 0 Å². The molecule has 3 heteroatoms. The van der Waals surface area contributed by atoms with Crippen LogP contribution >= 0.6 is 0 Å². The first kappa shape index (κ1) is 12.6. The smallest absolute Gasteiger partial charge is 0.0812 e. The van der Waals surface area contributed by atoms with E-state index < -0.39 is 0 Å². The van der Waals surface area contributed by atoms with Crippen LogP contribution in [0.5, 0.6) is 0 Å². The van der Waals surface area contributed by atoms with Crippen molar-refractivity contribution in [2.24, 2.45) is 5.73 Å².